The zero-order valence-corrected chi connectivity index (χ0v) is 13.2. The van der Waals surface area contributed by atoms with Gasteiger partial charge in [-0.25, -0.2) is 8.42 Å². The van der Waals surface area contributed by atoms with Crippen molar-refractivity contribution in [1.82, 2.24) is 0 Å². The summed E-state index contributed by atoms with van der Waals surface area (Å²) in [5.41, 5.74) is 1.34. The molecule has 1 aliphatic heterocycles. The van der Waals surface area contributed by atoms with Crippen LogP contribution in [-0.2, 0) is 21.2 Å². The van der Waals surface area contributed by atoms with Crippen LogP contribution in [0.3, 0.4) is 0 Å². The molecule has 3 rings (SSSR count). The molecule has 8 heteroatoms. The van der Waals surface area contributed by atoms with E-state index in [-0.39, 0.29) is 22.1 Å². The highest BCUT2D eigenvalue weighted by molar-refractivity contribution is 7.92. The van der Waals surface area contributed by atoms with E-state index in [1.165, 1.54) is 36.4 Å². The van der Waals surface area contributed by atoms with Crippen molar-refractivity contribution in [3.05, 3.63) is 53.6 Å². The lowest BCUT2D eigenvalue weighted by atomic mass is 10.0. The van der Waals surface area contributed by atoms with E-state index in [2.05, 4.69) is 10.0 Å². The van der Waals surface area contributed by atoms with Gasteiger partial charge in [-0.05, 0) is 47.9 Å². The zero-order valence-electron chi connectivity index (χ0n) is 12.4. The van der Waals surface area contributed by atoms with Crippen molar-refractivity contribution in [3.63, 3.8) is 0 Å². The van der Waals surface area contributed by atoms with Crippen LogP contribution in [0.2, 0.25) is 0 Å². The summed E-state index contributed by atoms with van der Waals surface area (Å²) >= 11 is 0. The number of aromatic carboxylic acids is 1. The highest BCUT2D eigenvalue weighted by Gasteiger charge is 2.20. The van der Waals surface area contributed by atoms with Gasteiger partial charge in [0.1, 0.15) is 0 Å². The number of nitrogens with one attached hydrogen (secondary N) is 2. The molecule has 0 aliphatic carbocycles. The van der Waals surface area contributed by atoms with Gasteiger partial charge in [-0.3, -0.25) is 9.52 Å². The zero-order chi connectivity index (χ0) is 17.3. The molecule has 0 saturated heterocycles. The minimum absolute atomic E-state index is 0.0382. The smallest absolute Gasteiger partial charge is 0.261 e. The number of carbonyl (C=O) groups is 2. The highest BCUT2D eigenvalue weighted by atomic mass is 32.2. The number of carboxylic acid groups (broad SMARTS) is 1. The molecule has 0 fully saturated rings. The van der Waals surface area contributed by atoms with E-state index in [4.69, 9.17) is 0 Å². The average Bonchev–Trinajstić information content (AvgIpc) is 2.54. The van der Waals surface area contributed by atoms with Crippen molar-refractivity contribution in [2.24, 2.45) is 0 Å². The summed E-state index contributed by atoms with van der Waals surface area (Å²) in [5.74, 6) is -1.49. The topological polar surface area (TPSA) is 115 Å². The van der Waals surface area contributed by atoms with Crippen LogP contribution in [0.25, 0.3) is 0 Å². The number of carboxylic acids is 1. The van der Waals surface area contributed by atoms with Crippen molar-refractivity contribution in [1.29, 1.82) is 0 Å². The molecule has 124 valence electrons. The number of hydrogen-bond acceptors (Lipinski definition) is 5. The number of benzene rings is 2. The van der Waals surface area contributed by atoms with Crippen molar-refractivity contribution >= 4 is 33.3 Å². The second-order valence-corrected chi connectivity index (χ2v) is 7.02. The predicted octanol–water partition coefficient (Wildman–Crippen LogP) is 0.736. The molecule has 0 radical (unpaired) electrons. The predicted molar refractivity (Wildman–Crippen MR) is 85.0 cm³/mol. The summed E-state index contributed by atoms with van der Waals surface area (Å²) in [6, 6.07) is 9.79. The fraction of sp³-hybridized carbons (Fsp3) is 0.125. The molecule has 0 spiro atoms. The summed E-state index contributed by atoms with van der Waals surface area (Å²) in [6.45, 7) is 0. The minimum Gasteiger partial charge on any atom is -0.545 e. The van der Waals surface area contributed by atoms with E-state index in [0.29, 0.717) is 18.5 Å². The van der Waals surface area contributed by atoms with Crippen LogP contribution in [0.1, 0.15) is 22.3 Å². The molecule has 1 amide bonds. The maximum absolute atomic E-state index is 12.5. The fourth-order valence-corrected chi connectivity index (χ4v) is 3.55. The Labute approximate surface area is 138 Å². The number of fused-ring (bicyclic) bond motifs is 1. The van der Waals surface area contributed by atoms with Gasteiger partial charge >= 0.3 is 0 Å². The van der Waals surface area contributed by atoms with Crippen molar-refractivity contribution in [2.75, 3.05) is 10.0 Å². The molecule has 0 unspecified atom stereocenters. The Balaban J connectivity index is 1.90. The standard InChI is InChI=1S/C16H14N2O5S/c19-15-7-4-10-9-13(5-6-14(10)17-15)24(22,23)18-12-3-1-2-11(8-12)16(20)21/h1-3,5-6,8-9,18H,4,7H2,(H,17,19)(H,20,21)/p-1. The molecule has 1 aliphatic rings. The molecule has 0 saturated carbocycles. The van der Waals surface area contributed by atoms with E-state index in [9.17, 15) is 23.1 Å². The normalized spacial score (nSPS) is 13.8. The van der Waals surface area contributed by atoms with Gasteiger partial charge in [-0.15, -0.1) is 0 Å². The van der Waals surface area contributed by atoms with Gasteiger partial charge in [0.15, 0.2) is 0 Å². The van der Waals surface area contributed by atoms with Gasteiger partial charge in [0.05, 0.1) is 10.9 Å². The Morgan fingerprint density at radius 3 is 2.67 bits per heavy atom. The Kier molecular flexibility index (Phi) is 3.98. The Hall–Kier alpha value is -2.87. The number of anilines is 2. The molecular formula is C16H13N2O5S-. The molecule has 0 aromatic heterocycles. The maximum Gasteiger partial charge on any atom is 0.261 e. The second-order valence-electron chi connectivity index (χ2n) is 5.34. The molecule has 7 nitrogen and oxygen atoms in total. The third kappa shape index (κ3) is 3.23. The molecule has 2 N–H and O–H groups in total. The number of rotatable bonds is 4. The first kappa shape index (κ1) is 16.0. The van der Waals surface area contributed by atoms with Crippen molar-refractivity contribution in [2.45, 2.75) is 17.7 Å². The largest absolute Gasteiger partial charge is 0.545 e. The lowest BCUT2D eigenvalue weighted by Crippen LogP contribution is -2.22. The average molecular weight is 345 g/mol. The summed E-state index contributed by atoms with van der Waals surface area (Å²) in [5, 5.41) is 13.5. The number of amides is 1. The molecule has 1 heterocycles. The monoisotopic (exact) mass is 345 g/mol. The number of hydrogen-bond donors (Lipinski definition) is 2. The number of aryl methyl sites for hydroxylation is 1. The summed E-state index contributed by atoms with van der Waals surface area (Å²) < 4.78 is 27.3. The third-order valence-corrected chi connectivity index (χ3v) is 5.01. The first-order chi connectivity index (χ1) is 11.3. The van der Waals surface area contributed by atoms with Crippen LogP contribution in [-0.4, -0.2) is 20.3 Å². The van der Waals surface area contributed by atoms with Crippen LogP contribution < -0.4 is 15.1 Å². The minimum atomic E-state index is -3.88. The van der Waals surface area contributed by atoms with E-state index in [1.807, 2.05) is 0 Å². The van der Waals surface area contributed by atoms with E-state index in [1.54, 1.807) is 6.07 Å². The van der Waals surface area contributed by atoms with Gasteiger partial charge in [0.2, 0.25) is 5.91 Å². The third-order valence-electron chi connectivity index (χ3n) is 3.63. The summed E-state index contributed by atoms with van der Waals surface area (Å²) in [6.07, 6.45) is 0.766. The quantitative estimate of drug-likeness (QED) is 0.848. The van der Waals surface area contributed by atoms with E-state index >= 15 is 0 Å². The first-order valence-corrected chi connectivity index (χ1v) is 8.60. The second kappa shape index (κ2) is 5.97. The van der Waals surface area contributed by atoms with Crippen LogP contribution in [0.5, 0.6) is 0 Å². The molecule has 24 heavy (non-hydrogen) atoms. The van der Waals surface area contributed by atoms with Gasteiger partial charge in [-0.2, -0.15) is 0 Å². The SMILES string of the molecule is O=C1CCc2cc(S(=O)(=O)Nc3cccc(C(=O)[O-])c3)ccc2N1. The molecule has 0 atom stereocenters. The maximum atomic E-state index is 12.5. The van der Waals surface area contributed by atoms with Crippen LogP contribution >= 0.6 is 0 Å². The van der Waals surface area contributed by atoms with E-state index < -0.39 is 16.0 Å². The van der Waals surface area contributed by atoms with Gasteiger partial charge < -0.3 is 15.2 Å². The molecular weight excluding hydrogens is 332 g/mol. The Bertz CT molecular complexity index is 937. The highest BCUT2D eigenvalue weighted by Crippen LogP contribution is 2.26. The van der Waals surface area contributed by atoms with Gasteiger partial charge in [0, 0.05) is 17.8 Å². The lowest BCUT2D eigenvalue weighted by Gasteiger charge is -2.18. The Morgan fingerprint density at radius 1 is 1.12 bits per heavy atom. The van der Waals surface area contributed by atoms with Crippen molar-refractivity contribution in [3.8, 4) is 0 Å². The van der Waals surface area contributed by atoms with Crippen molar-refractivity contribution < 1.29 is 23.1 Å². The van der Waals surface area contributed by atoms with Gasteiger partial charge in [0.25, 0.3) is 10.0 Å². The number of carbonyl (C=O) groups excluding carboxylic acids is 2. The summed E-state index contributed by atoms with van der Waals surface area (Å²) in [4.78, 5) is 22.2. The fourth-order valence-electron chi connectivity index (χ4n) is 2.45. The molecule has 2 aromatic rings. The summed E-state index contributed by atoms with van der Waals surface area (Å²) in [7, 11) is -3.88. The van der Waals surface area contributed by atoms with Crippen LogP contribution in [0.15, 0.2) is 47.4 Å². The number of sulfonamides is 1. The van der Waals surface area contributed by atoms with Crippen LogP contribution in [0.4, 0.5) is 11.4 Å². The van der Waals surface area contributed by atoms with E-state index in [0.717, 1.165) is 5.56 Å². The lowest BCUT2D eigenvalue weighted by molar-refractivity contribution is -0.255. The van der Waals surface area contributed by atoms with Crippen LogP contribution in [0, 0.1) is 0 Å². The molecule has 2 aromatic carbocycles. The Morgan fingerprint density at radius 2 is 1.92 bits per heavy atom. The van der Waals surface area contributed by atoms with Gasteiger partial charge in [-0.1, -0.05) is 12.1 Å². The first-order valence-electron chi connectivity index (χ1n) is 7.12. The molecule has 0 bridgehead atoms.